The Hall–Kier alpha value is -2.14. The standard InChI is InChI=1S/C21H18INO/c1-15-9-5-6-12-17(15)20(16-10-3-2-4-11-16)23-21(24)18-13-7-8-14-19(18)22/h2-14,20H,1H3,(H,23,24)/t20-/m0/s1. The summed E-state index contributed by atoms with van der Waals surface area (Å²) in [6.45, 7) is 2.07. The predicted octanol–water partition coefficient (Wildman–Crippen LogP) is 5.12. The van der Waals surface area contributed by atoms with Gasteiger partial charge < -0.3 is 5.32 Å². The van der Waals surface area contributed by atoms with Crippen LogP contribution in [0, 0.1) is 10.5 Å². The molecule has 0 aromatic heterocycles. The minimum Gasteiger partial charge on any atom is -0.341 e. The van der Waals surface area contributed by atoms with Gasteiger partial charge in [-0.05, 0) is 58.3 Å². The number of benzene rings is 3. The Morgan fingerprint density at radius 1 is 0.875 bits per heavy atom. The number of nitrogens with one attached hydrogen (secondary N) is 1. The number of carbonyl (C=O) groups is 1. The van der Waals surface area contributed by atoms with Crippen LogP contribution in [0.4, 0.5) is 0 Å². The lowest BCUT2D eigenvalue weighted by Crippen LogP contribution is -2.30. The van der Waals surface area contributed by atoms with Crippen LogP contribution in [-0.4, -0.2) is 5.91 Å². The molecule has 0 radical (unpaired) electrons. The first-order valence-electron chi connectivity index (χ1n) is 7.82. The summed E-state index contributed by atoms with van der Waals surface area (Å²) < 4.78 is 0.948. The molecule has 120 valence electrons. The molecule has 1 amide bonds. The Morgan fingerprint density at radius 2 is 1.50 bits per heavy atom. The van der Waals surface area contributed by atoms with Gasteiger partial charge in [0.1, 0.15) is 0 Å². The fourth-order valence-electron chi connectivity index (χ4n) is 2.75. The van der Waals surface area contributed by atoms with Crippen molar-refractivity contribution in [1.29, 1.82) is 0 Å². The van der Waals surface area contributed by atoms with Crippen LogP contribution in [0.25, 0.3) is 0 Å². The summed E-state index contributed by atoms with van der Waals surface area (Å²) in [5, 5.41) is 3.20. The second kappa shape index (κ2) is 7.62. The Kier molecular flexibility index (Phi) is 5.30. The Balaban J connectivity index is 1.99. The number of hydrogen-bond donors (Lipinski definition) is 1. The molecule has 0 fully saturated rings. The number of rotatable bonds is 4. The van der Waals surface area contributed by atoms with Crippen molar-refractivity contribution in [1.82, 2.24) is 5.32 Å². The van der Waals surface area contributed by atoms with Gasteiger partial charge in [-0.3, -0.25) is 4.79 Å². The number of halogens is 1. The van der Waals surface area contributed by atoms with Crippen LogP contribution in [0.1, 0.15) is 33.1 Å². The second-order valence-corrected chi connectivity index (χ2v) is 6.82. The highest BCUT2D eigenvalue weighted by Crippen LogP contribution is 2.25. The molecule has 0 aliphatic heterocycles. The van der Waals surface area contributed by atoms with Crippen LogP contribution >= 0.6 is 22.6 Å². The highest BCUT2D eigenvalue weighted by atomic mass is 127. The van der Waals surface area contributed by atoms with E-state index in [-0.39, 0.29) is 11.9 Å². The van der Waals surface area contributed by atoms with Crippen molar-refractivity contribution in [2.75, 3.05) is 0 Å². The Labute approximate surface area is 156 Å². The highest BCUT2D eigenvalue weighted by molar-refractivity contribution is 14.1. The van der Waals surface area contributed by atoms with E-state index in [1.165, 1.54) is 0 Å². The smallest absolute Gasteiger partial charge is 0.253 e. The molecule has 0 unspecified atom stereocenters. The maximum atomic E-state index is 12.8. The molecule has 0 spiro atoms. The summed E-state index contributed by atoms with van der Waals surface area (Å²) in [7, 11) is 0. The average Bonchev–Trinajstić information content (AvgIpc) is 2.61. The van der Waals surface area contributed by atoms with E-state index in [1.807, 2.05) is 66.7 Å². The van der Waals surface area contributed by atoms with Crippen molar-refractivity contribution in [2.24, 2.45) is 0 Å². The summed E-state index contributed by atoms with van der Waals surface area (Å²) >= 11 is 2.20. The Morgan fingerprint density at radius 3 is 2.21 bits per heavy atom. The van der Waals surface area contributed by atoms with E-state index in [0.717, 1.165) is 20.3 Å². The van der Waals surface area contributed by atoms with Gasteiger partial charge in [0.2, 0.25) is 0 Å². The zero-order chi connectivity index (χ0) is 16.9. The van der Waals surface area contributed by atoms with Gasteiger partial charge >= 0.3 is 0 Å². The third-order valence-corrected chi connectivity index (χ3v) is 4.97. The van der Waals surface area contributed by atoms with E-state index in [2.05, 4.69) is 47.0 Å². The first kappa shape index (κ1) is 16.7. The molecule has 3 rings (SSSR count). The van der Waals surface area contributed by atoms with Crippen LogP contribution in [0.3, 0.4) is 0 Å². The van der Waals surface area contributed by atoms with Crippen molar-refractivity contribution in [2.45, 2.75) is 13.0 Å². The van der Waals surface area contributed by atoms with Crippen molar-refractivity contribution in [3.05, 3.63) is 105 Å². The Bertz CT molecular complexity index is 845. The van der Waals surface area contributed by atoms with E-state index in [9.17, 15) is 4.79 Å². The molecule has 1 atom stereocenters. The van der Waals surface area contributed by atoms with Gasteiger partial charge in [-0.1, -0.05) is 66.7 Å². The molecule has 3 heteroatoms. The van der Waals surface area contributed by atoms with Crippen molar-refractivity contribution < 1.29 is 4.79 Å². The lowest BCUT2D eigenvalue weighted by Gasteiger charge is -2.22. The van der Waals surface area contributed by atoms with E-state index in [0.29, 0.717) is 5.56 Å². The van der Waals surface area contributed by atoms with Crippen LogP contribution in [0.5, 0.6) is 0 Å². The average molecular weight is 427 g/mol. The first-order valence-corrected chi connectivity index (χ1v) is 8.90. The van der Waals surface area contributed by atoms with Crippen LogP contribution in [0.15, 0.2) is 78.9 Å². The monoisotopic (exact) mass is 427 g/mol. The van der Waals surface area contributed by atoms with Crippen molar-refractivity contribution >= 4 is 28.5 Å². The molecule has 0 aliphatic carbocycles. The SMILES string of the molecule is Cc1ccccc1[C@@H](NC(=O)c1ccccc1I)c1ccccc1. The molecule has 0 saturated heterocycles. The zero-order valence-corrected chi connectivity index (χ0v) is 15.5. The second-order valence-electron chi connectivity index (χ2n) is 5.65. The van der Waals surface area contributed by atoms with Gasteiger partial charge in [-0.15, -0.1) is 0 Å². The van der Waals surface area contributed by atoms with Gasteiger partial charge in [0.25, 0.3) is 5.91 Å². The van der Waals surface area contributed by atoms with Crippen LogP contribution in [0.2, 0.25) is 0 Å². The minimum atomic E-state index is -0.170. The van der Waals surface area contributed by atoms with Gasteiger partial charge in [-0.2, -0.15) is 0 Å². The molecule has 0 saturated carbocycles. The third-order valence-electron chi connectivity index (χ3n) is 4.03. The van der Waals surface area contributed by atoms with Gasteiger partial charge in [0.15, 0.2) is 0 Å². The molecule has 3 aromatic carbocycles. The molecule has 3 aromatic rings. The molecule has 2 nitrogen and oxygen atoms in total. The maximum absolute atomic E-state index is 12.8. The lowest BCUT2D eigenvalue weighted by molar-refractivity contribution is 0.0942. The summed E-state index contributed by atoms with van der Waals surface area (Å²) in [5.74, 6) is -0.0582. The fourth-order valence-corrected chi connectivity index (χ4v) is 3.38. The van der Waals surface area contributed by atoms with Crippen molar-refractivity contribution in [3.63, 3.8) is 0 Å². The van der Waals surface area contributed by atoms with Crippen LogP contribution < -0.4 is 5.32 Å². The normalized spacial score (nSPS) is 11.8. The minimum absolute atomic E-state index is 0.0582. The van der Waals surface area contributed by atoms with E-state index < -0.39 is 0 Å². The number of carbonyl (C=O) groups excluding carboxylic acids is 1. The molecule has 24 heavy (non-hydrogen) atoms. The zero-order valence-electron chi connectivity index (χ0n) is 13.4. The number of amides is 1. The van der Waals surface area contributed by atoms with Gasteiger partial charge in [0, 0.05) is 3.57 Å². The number of hydrogen-bond acceptors (Lipinski definition) is 1. The van der Waals surface area contributed by atoms with E-state index in [1.54, 1.807) is 0 Å². The maximum Gasteiger partial charge on any atom is 0.253 e. The summed E-state index contributed by atoms with van der Waals surface area (Å²) in [6.07, 6.45) is 0. The van der Waals surface area contributed by atoms with Crippen LogP contribution in [-0.2, 0) is 0 Å². The summed E-state index contributed by atoms with van der Waals surface area (Å²) in [4.78, 5) is 12.8. The molecule has 0 bridgehead atoms. The molecule has 1 N–H and O–H groups in total. The molecular formula is C21H18INO. The third kappa shape index (κ3) is 3.67. The predicted molar refractivity (Wildman–Crippen MR) is 106 cm³/mol. The van der Waals surface area contributed by atoms with Gasteiger partial charge in [-0.25, -0.2) is 0 Å². The highest BCUT2D eigenvalue weighted by Gasteiger charge is 2.20. The van der Waals surface area contributed by atoms with E-state index in [4.69, 9.17) is 0 Å². The fraction of sp³-hybridized carbons (Fsp3) is 0.0952. The number of aryl methyl sites for hydroxylation is 1. The molecule has 0 aliphatic rings. The summed E-state index contributed by atoms with van der Waals surface area (Å²) in [6, 6.07) is 25.7. The molecular weight excluding hydrogens is 409 g/mol. The largest absolute Gasteiger partial charge is 0.341 e. The first-order chi connectivity index (χ1) is 11.7. The quantitative estimate of drug-likeness (QED) is 0.576. The summed E-state index contributed by atoms with van der Waals surface area (Å²) in [5.41, 5.74) is 4.05. The lowest BCUT2D eigenvalue weighted by atomic mass is 9.94. The van der Waals surface area contributed by atoms with Gasteiger partial charge in [0.05, 0.1) is 11.6 Å². The van der Waals surface area contributed by atoms with E-state index >= 15 is 0 Å². The molecule has 0 heterocycles. The topological polar surface area (TPSA) is 29.1 Å². The van der Waals surface area contributed by atoms with Crippen molar-refractivity contribution in [3.8, 4) is 0 Å².